The number of benzene rings is 2. The predicted octanol–water partition coefficient (Wildman–Crippen LogP) is 4.78. The van der Waals surface area contributed by atoms with Gasteiger partial charge in [0.25, 0.3) is 0 Å². The summed E-state index contributed by atoms with van der Waals surface area (Å²) in [5.74, 6) is 0.650. The number of aromatic nitrogens is 4. The van der Waals surface area contributed by atoms with Crippen molar-refractivity contribution in [3.8, 4) is 16.9 Å². The van der Waals surface area contributed by atoms with Crippen molar-refractivity contribution in [1.82, 2.24) is 24.9 Å². The third-order valence-corrected chi connectivity index (χ3v) is 6.01. The van der Waals surface area contributed by atoms with E-state index in [2.05, 4.69) is 33.9 Å². The van der Waals surface area contributed by atoms with E-state index < -0.39 is 0 Å². The molecule has 0 fully saturated rings. The molecular formula is C25H26N6O. The summed E-state index contributed by atoms with van der Waals surface area (Å²) >= 11 is 0. The standard InChI is InChI=1S/C25H26N6O/c1-17-23(19-15-26-30(2)16-19)29-31(20-11-4-3-5-12-20)24(17)28-25(32)27-22-14-8-10-18-9-6-7-13-21(18)22/h3-7,9,11-13,15-16,22H,8,10,14H2,1-2H3,(H2,27,28,32)/t22-/m0/s1. The van der Waals surface area contributed by atoms with Crippen LogP contribution in [0.2, 0.25) is 0 Å². The lowest BCUT2D eigenvalue weighted by Crippen LogP contribution is -2.35. The Balaban J connectivity index is 1.46. The second kappa shape index (κ2) is 8.34. The van der Waals surface area contributed by atoms with Gasteiger partial charge in [0.05, 0.1) is 17.9 Å². The summed E-state index contributed by atoms with van der Waals surface area (Å²) in [5.41, 5.74) is 5.99. The second-order valence-corrected chi connectivity index (χ2v) is 8.21. The predicted molar refractivity (Wildman–Crippen MR) is 125 cm³/mol. The Morgan fingerprint density at radius 3 is 2.66 bits per heavy atom. The smallest absolute Gasteiger partial charge is 0.320 e. The number of nitrogens with one attached hydrogen (secondary N) is 2. The van der Waals surface area contributed by atoms with Gasteiger partial charge in [0.2, 0.25) is 0 Å². The van der Waals surface area contributed by atoms with E-state index in [4.69, 9.17) is 5.10 Å². The number of para-hydroxylation sites is 1. The fourth-order valence-electron chi connectivity index (χ4n) is 4.42. The van der Waals surface area contributed by atoms with E-state index in [1.807, 2.05) is 56.6 Å². The molecule has 7 heteroatoms. The lowest BCUT2D eigenvalue weighted by Gasteiger charge is -2.26. The molecule has 2 N–H and O–H groups in total. The minimum atomic E-state index is -0.232. The number of amides is 2. The highest BCUT2D eigenvalue weighted by Crippen LogP contribution is 2.32. The summed E-state index contributed by atoms with van der Waals surface area (Å²) in [5, 5.41) is 15.3. The van der Waals surface area contributed by atoms with Crippen LogP contribution in [-0.2, 0) is 13.5 Å². The van der Waals surface area contributed by atoms with E-state index in [0.717, 1.165) is 41.8 Å². The van der Waals surface area contributed by atoms with Gasteiger partial charge in [0.1, 0.15) is 11.5 Å². The van der Waals surface area contributed by atoms with Crippen molar-refractivity contribution >= 4 is 11.8 Å². The van der Waals surface area contributed by atoms with Crippen molar-refractivity contribution in [3.63, 3.8) is 0 Å². The lowest BCUT2D eigenvalue weighted by molar-refractivity contribution is 0.247. The number of hydrogen-bond donors (Lipinski definition) is 2. The van der Waals surface area contributed by atoms with E-state index in [9.17, 15) is 4.79 Å². The minimum absolute atomic E-state index is 0.00569. The molecule has 5 rings (SSSR count). The molecule has 0 unspecified atom stereocenters. The zero-order valence-electron chi connectivity index (χ0n) is 18.2. The number of hydrogen-bond acceptors (Lipinski definition) is 3. The van der Waals surface area contributed by atoms with Crippen molar-refractivity contribution in [3.05, 3.63) is 83.7 Å². The molecule has 162 valence electrons. The van der Waals surface area contributed by atoms with Crippen LogP contribution >= 0.6 is 0 Å². The molecule has 32 heavy (non-hydrogen) atoms. The monoisotopic (exact) mass is 426 g/mol. The third-order valence-electron chi connectivity index (χ3n) is 6.01. The van der Waals surface area contributed by atoms with E-state index in [1.165, 1.54) is 11.1 Å². The maximum Gasteiger partial charge on any atom is 0.320 e. The van der Waals surface area contributed by atoms with Gasteiger partial charge in [-0.1, -0.05) is 42.5 Å². The molecule has 0 saturated carbocycles. The molecule has 1 aliphatic rings. The summed E-state index contributed by atoms with van der Waals surface area (Å²) in [6.07, 6.45) is 6.77. The Morgan fingerprint density at radius 1 is 1.09 bits per heavy atom. The molecule has 2 aromatic heterocycles. The van der Waals surface area contributed by atoms with Gasteiger partial charge in [-0.3, -0.25) is 10.00 Å². The van der Waals surface area contributed by atoms with Gasteiger partial charge < -0.3 is 5.32 Å². The Hall–Kier alpha value is -3.87. The van der Waals surface area contributed by atoms with Gasteiger partial charge in [-0.2, -0.15) is 10.2 Å². The summed E-state index contributed by atoms with van der Waals surface area (Å²) in [6, 6.07) is 17.9. The Bertz CT molecular complexity index is 1260. The molecule has 2 heterocycles. The van der Waals surface area contributed by atoms with E-state index >= 15 is 0 Å². The zero-order chi connectivity index (χ0) is 22.1. The first kappa shape index (κ1) is 20.1. The Kier molecular flexibility index (Phi) is 5.23. The number of anilines is 1. The van der Waals surface area contributed by atoms with Crippen LogP contribution in [0.4, 0.5) is 10.6 Å². The average Bonchev–Trinajstić information content (AvgIpc) is 3.38. The summed E-state index contributed by atoms with van der Waals surface area (Å²) in [7, 11) is 1.88. The molecule has 0 spiro atoms. The SMILES string of the molecule is Cc1c(-c2cnn(C)c2)nn(-c2ccccc2)c1NC(=O)N[C@H]1CCCc2ccccc21. The molecule has 1 atom stereocenters. The van der Waals surface area contributed by atoms with Gasteiger partial charge in [0.15, 0.2) is 0 Å². The molecule has 1 aliphatic carbocycles. The largest absolute Gasteiger partial charge is 0.331 e. The molecule has 0 aliphatic heterocycles. The number of carbonyl (C=O) groups excluding carboxylic acids is 1. The van der Waals surface area contributed by atoms with Crippen LogP contribution < -0.4 is 10.6 Å². The summed E-state index contributed by atoms with van der Waals surface area (Å²) in [4.78, 5) is 13.1. The van der Waals surface area contributed by atoms with Crippen LogP contribution in [0.1, 0.15) is 35.6 Å². The van der Waals surface area contributed by atoms with Crippen LogP contribution in [0, 0.1) is 6.92 Å². The highest BCUT2D eigenvalue weighted by Gasteiger charge is 2.24. The maximum atomic E-state index is 13.1. The van der Waals surface area contributed by atoms with Gasteiger partial charge in [-0.25, -0.2) is 9.48 Å². The highest BCUT2D eigenvalue weighted by molar-refractivity contribution is 5.91. The molecule has 0 radical (unpaired) electrons. The summed E-state index contributed by atoms with van der Waals surface area (Å²) in [6.45, 7) is 1.97. The van der Waals surface area contributed by atoms with Crippen molar-refractivity contribution in [2.24, 2.45) is 7.05 Å². The molecule has 7 nitrogen and oxygen atoms in total. The number of urea groups is 1. The van der Waals surface area contributed by atoms with Crippen LogP contribution in [0.5, 0.6) is 0 Å². The quantitative estimate of drug-likeness (QED) is 0.493. The normalized spacial score (nSPS) is 15.2. The van der Waals surface area contributed by atoms with Gasteiger partial charge in [-0.15, -0.1) is 0 Å². The summed E-state index contributed by atoms with van der Waals surface area (Å²) < 4.78 is 3.53. The van der Waals surface area contributed by atoms with E-state index in [0.29, 0.717) is 5.82 Å². The highest BCUT2D eigenvalue weighted by atomic mass is 16.2. The van der Waals surface area contributed by atoms with Crippen molar-refractivity contribution in [2.45, 2.75) is 32.2 Å². The Labute approximate surface area is 187 Å². The fraction of sp³-hybridized carbons (Fsp3) is 0.240. The van der Waals surface area contributed by atoms with Gasteiger partial charge in [0, 0.05) is 24.4 Å². The molecule has 4 aromatic rings. The maximum absolute atomic E-state index is 13.1. The van der Waals surface area contributed by atoms with E-state index in [1.54, 1.807) is 15.6 Å². The molecule has 0 bridgehead atoms. The Morgan fingerprint density at radius 2 is 1.88 bits per heavy atom. The number of aryl methyl sites for hydroxylation is 2. The van der Waals surface area contributed by atoms with Crippen LogP contribution in [-0.4, -0.2) is 25.6 Å². The number of carbonyl (C=O) groups is 1. The van der Waals surface area contributed by atoms with Crippen LogP contribution in [0.25, 0.3) is 16.9 Å². The zero-order valence-corrected chi connectivity index (χ0v) is 18.2. The van der Waals surface area contributed by atoms with Gasteiger partial charge >= 0.3 is 6.03 Å². The minimum Gasteiger partial charge on any atom is -0.331 e. The first-order chi connectivity index (χ1) is 15.6. The number of nitrogens with zero attached hydrogens (tertiary/aromatic N) is 4. The first-order valence-corrected chi connectivity index (χ1v) is 10.9. The van der Waals surface area contributed by atoms with Crippen molar-refractivity contribution in [1.29, 1.82) is 0 Å². The van der Waals surface area contributed by atoms with Crippen LogP contribution in [0.3, 0.4) is 0 Å². The topological polar surface area (TPSA) is 76.8 Å². The molecule has 2 aromatic carbocycles. The molecule has 0 saturated heterocycles. The lowest BCUT2D eigenvalue weighted by atomic mass is 9.88. The third kappa shape index (κ3) is 3.77. The fourth-order valence-corrected chi connectivity index (χ4v) is 4.42. The second-order valence-electron chi connectivity index (χ2n) is 8.21. The first-order valence-electron chi connectivity index (χ1n) is 10.9. The van der Waals surface area contributed by atoms with Crippen molar-refractivity contribution < 1.29 is 4.79 Å². The van der Waals surface area contributed by atoms with Crippen LogP contribution in [0.15, 0.2) is 67.0 Å². The van der Waals surface area contributed by atoms with E-state index in [-0.39, 0.29) is 12.1 Å². The molecule has 2 amide bonds. The van der Waals surface area contributed by atoms with Gasteiger partial charge in [-0.05, 0) is 49.4 Å². The molecular weight excluding hydrogens is 400 g/mol. The number of rotatable bonds is 4. The number of fused-ring (bicyclic) bond motifs is 1. The van der Waals surface area contributed by atoms with Crippen molar-refractivity contribution in [2.75, 3.05) is 5.32 Å². The average molecular weight is 427 g/mol.